The van der Waals surface area contributed by atoms with Crippen molar-refractivity contribution in [3.63, 3.8) is 0 Å². The maximum atomic E-state index is 13.5. The molecule has 3 rings (SSSR count). The quantitative estimate of drug-likeness (QED) is 0.810. The molecule has 1 atom stereocenters. The molecular formula is C13H10BrFN2O4. The number of nitrogens with one attached hydrogen (secondary N) is 1. The molecule has 0 saturated carbocycles. The predicted molar refractivity (Wildman–Crippen MR) is 72.3 cm³/mol. The minimum absolute atomic E-state index is 0.153. The molecule has 0 spiro atoms. The number of ether oxygens (including phenoxy) is 1. The highest BCUT2D eigenvalue weighted by Gasteiger charge is 2.41. The summed E-state index contributed by atoms with van der Waals surface area (Å²) in [4.78, 5) is 35.2. The van der Waals surface area contributed by atoms with Crippen molar-refractivity contribution in [2.24, 2.45) is 0 Å². The van der Waals surface area contributed by atoms with Crippen LogP contribution in [0.4, 0.5) is 9.18 Å². The van der Waals surface area contributed by atoms with Gasteiger partial charge in [-0.05, 0) is 17.7 Å². The zero-order chi connectivity index (χ0) is 15.1. The Morgan fingerprint density at radius 3 is 2.90 bits per heavy atom. The number of halogens is 2. The first-order valence-corrected chi connectivity index (χ1v) is 7.01. The van der Waals surface area contributed by atoms with Crippen LogP contribution in [0.3, 0.4) is 0 Å². The van der Waals surface area contributed by atoms with Crippen molar-refractivity contribution >= 4 is 33.8 Å². The predicted octanol–water partition coefficient (Wildman–Crippen LogP) is 1.30. The van der Waals surface area contributed by atoms with Crippen molar-refractivity contribution in [2.45, 2.75) is 19.1 Å². The van der Waals surface area contributed by atoms with Crippen LogP contribution < -0.4 is 10.1 Å². The number of amides is 4. The van der Waals surface area contributed by atoms with Gasteiger partial charge in [0.25, 0.3) is 18.0 Å². The standard InChI is InChI=1S/C13H10BrFN2O4/c14-8-3-6-1-2-21-10(6)7(4-8)5-17-12(19)9(15)11(18)16-13(17)20/h3-4,9H,1-2,5H2,(H,16,18,20). The molecule has 0 aliphatic carbocycles. The molecule has 2 aliphatic heterocycles. The fourth-order valence-electron chi connectivity index (χ4n) is 2.37. The Balaban J connectivity index is 1.92. The lowest BCUT2D eigenvalue weighted by molar-refractivity contribution is -0.144. The lowest BCUT2D eigenvalue weighted by atomic mass is 10.1. The third-order valence-corrected chi connectivity index (χ3v) is 3.80. The van der Waals surface area contributed by atoms with Crippen molar-refractivity contribution in [1.82, 2.24) is 10.2 Å². The molecule has 0 aromatic heterocycles. The highest BCUT2D eigenvalue weighted by Crippen LogP contribution is 2.34. The Hall–Kier alpha value is -1.96. The van der Waals surface area contributed by atoms with Crippen LogP contribution in [0.15, 0.2) is 16.6 Å². The van der Waals surface area contributed by atoms with Gasteiger partial charge in [0.2, 0.25) is 0 Å². The van der Waals surface area contributed by atoms with Crippen LogP contribution in [0.25, 0.3) is 0 Å². The van der Waals surface area contributed by atoms with E-state index in [0.717, 1.165) is 16.5 Å². The van der Waals surface area contributed by atoms with Crippen LogP contribution in [0.1, 0.15) is 11.1 Å². The summed E-state index contributed by atoms with van der Waals surface area (Å²) in [5.74, 6) is -1.78. The van der Waals surface area contributed by atoms with E-state index < -0.39 is 24.0 Å². The van der Waals surface area contributed by atoms with Gasteiger partial charge in [-0.2, -0.15) is 0 Å². The lowest BCUT2D eigenvalue weighted by Crippen LogP contribution is -2.58. The number of urea groups is 1. The van der Waals surface area contributed by atoms with E-state index in [0.29, 0.717) is 22.8 Å². The second kappa shape index (κ2) is 5.10. The summed E-state index contributed by atoms with van der Waals surface area (Å²) >= 11 is 3.34. The van der Waals surface area contributed by atoms with E-state index in [-0.39, 0.29) is 6.54 Å². The van der Waals surface area contributed by atoms with Crippen LogP contribution in [0.2, 0.25) is 0 Å². The van der Waals surface area contributed by atoms with Gasteiger partial charge in [-0.3, -0.25) is 19.8 Å². The van der Waals surface area contributed by atoms with Gasteiger partial charge in [-0.1, -0.05) is 15.9 Å². The van der Waals surface area contributed by atoms with E-state index in [1.165, 1.54) is 0 Å². The van der Waals surface area contributed by atoms with Gasteiger partial charge in [0, 0.05) is 16.5 Å². The highest BCUT2D eigenvalue weighted by molar-refractivity contribution is 9.10. The van der Waals surface area contributed by atoms with E-state index in [2.05, 4.69) is 15.9 Å². The zero-order valence-electron chi connectivity index (χ0n) is 10.7. The molecule has 2 heterocycles. The van der Waals surface area contributed by atoms with Crippen LogP contribution in [0.5, 0.6) is 5.75 Å². The molecule has 110 valence electrons. The van der Waals surface area contributed by atoms with Gasteiger partial charge in [0.1, 0.15) is 5.75 Å². The third kappa shape index (κ3) is 2.39. The molecule has 1 saturated heterocycles. The molecule has 1 aromatic carbocycles. The fourth-order valence-corrected chi connectivity index (χ4v) is 2.92. The Kier molecular flexibility index (Phi) is 3.40. The summed E-state index contributed by atoms with van der Waals surface area (Å²) in [5.41, 5.74) is 1.54. The number of carbonyl (C=O) groups is 3. The summed E-state index contributed by atoms with van der Waals surface area (Å²) in [6.07, 6.45) is -1.63. The summed E-state index contributed by atoms with van der Waals surface area (Å²) in [6, 6.07) is 2.67. The first-order chi connectivity index (χ1) is 9.97. The average molecular weight is 357 g/mol. The van der Waals surface area contributed by atoms with Gasteiger partial charge in [0.05, 0.1) is 13.2 Å². The number of hydrogen-bond acceptors (Lipinski definition) is 4. The molecule has 4 amide bonds. The summed E-state index contributed by atoms with van der Waals surface area (Å²) in [5, 5.41) is 1.81. The Bertz CT molecular complexity index is 664. The number of hydrogen-bond donors (Lipinski definition) is 1. The topological polar surface area (TPSA) is 75.7 Å². The molecule has 0 radical (unpaired) electrons. The molecule has 1 aromatic rings. The number of nitrogens with zero attached hydrogens (tertiary/aromatic N) is 1. The molecular weight excluding hydrogens is 347 g/mol. The molecule has 8 heteroatoms. The number of alkyl halides is 1. The first-order valence-electron chi connectivity index (χ1n) is 6.21. The Morgan fingerprint density at radius 1 is 1.38 bits per heavy atom. The van der Waals surface area contributed by atoms with Gasteiger partial charge in [0.15, 0.2) is 0 Å². The number of carbonyl (C=O) groups excluding carboxylic acids is 3. The largest absolute Gasteiger partial charge is 0.493 e. The second-order valence-corrected chi connectivity index (χ2v) is 5.65. The van der Waals surface area contributed by atoms with E-state index in [9.17, 15) is 18.8 Å². The fraction of sp³-hybridized carbons (Fsp3) is 0.308. The summed E-state index contributed by atoms with van der Waals surface area (Å²) < 4.78 is 19.7. The average Bonchev–Trinajstić information content (AvgIpc) is 2.89. The van der Waals surface area contributed by atoms with Crippen molar-refractivity contribution in [1.29, 1.82) is 0 Å². The summed E-state index contributed by atoms with van der Waals surface area (Å²) in [6.45, 7) is 0.364. The van der Waals surface area contributed by atoms with Gasteiger partial charge in [-0.25, -0.2) is 9.18 Å². The van der Waals surface area contributed by atoms with E-state index in [1.807, 2.05) is 11.4 Å². The maximum Gasteiger partial charge on any atom is 0.331 e. The minimum atomic E-state index is -2.36. The number of barbiturate groups is 1. The van der Waals surface area contributed by atoms with Crippen LogP contribution in [-0.4, -0.2) is 35.5 Å². The molecule has 0 bridgehead atoms. The third-order valence-electron chi connectivity index (χ3n) is 3.34. The minimum Gasteiger partial charge on any atom is -0.493 e. The number of rotatable bonds is 2. The molecule has 1 N–H and O–H groups in total. The van der Waals surface area contributed by atoms with Crippen molar-refractivity contribution in [2.75, 3.05) is 6.61 Å². The molecule has 1 unspecified atom stereocenters. The van der Waals surface area contributed by atoms with E-state index in [1.54, 1.807) is 6.07 Å². The van der Waals surface area contributed by atoms with Crippen LogP contribution in [-0.2, 0) is 22.6 Å². The SMILES string of the molecule is O=C1NC(=O)N(Cc2cc(Br)cc3c2OCC3)C(=O)C1F. The van der Waals surface area contributed by atoms with Crippen LogP contribution in [0, 0.1) is 0 Å². The zero-order valence-corrected chi connectivity index (χ0v) is 12.3. The smallest absolute Gasteiger partial charge is 0.331 e. The van der Waals surface area contributed by atoms with Crippen molar-refractivity contribution in [3.8, 4) is 5.75 Å². The van der Waals surface area contributed by atoms with Crippen molar-refractivity contribution < 1.29 is 23.5 Å². The molecule has 21 heavy (non-hydrogen) atoms. The number of benzene rings is 1. The highest BCUT2D eigenvalue weighted by atomic mass is 79.9. The number of fused-ring (bicyclic) bond motifs is 1. The first kappa shape index (κ1) is 14.0. The van der Waals surface area contributed by atoms with Gasteiger partial charge in [-0.15, -0.1) is 0 Å². The van der Waals surface area contributed by atoms with Crippen molar-refractivity contribution in [3.05, 3.63) is 27.7 Å². The Labute approximate surface area is 127 Å². The summed E-state index contributed by atoms with van der Waals surface area (Å²) in [7, 11) is 0. The number of imide groups is 2. The molecule has 2 aliphatic rings. The lowest BCUT2D eigenvalue weighted by Gasteiger charge is -2.27. The monoisotopic (exact) mass is 356 g/mol. The Morgan fingerprint density at radius 2 is 2.14 bits per heavy atom. The van der Waals surface area contributed by atoms with E-state index in [4.69, 9.17) is 4.74 Å². The second-order valence-electron chi connectivity index (χ2n) is 4.73. The van der Waals surface area contributed by atoms with E-state index >= 15 is 0 Å². The van der Waals surface area contributed by atoms with Crippen LogP contribution >= 0.6 is 15.9 Å². The normalized spacial score (nSPS) is 21.1. The van der Waals surface area contributed by atoms with Gasteiger partial charge >= 0.3 is 6.03 Å². The van der Waals surface area contributed by atoms with Gasteiger partial charge < -0.3 is 4.74 Å². The maximum absolute atomic E-state index is 13.5. The molecule has 6 nitrogen and oxygen atoms in total. The molecule has 1 fully saturated rings.